The van der Waals surface area contributed by atoms with Crippen molar-refractivity contribution in [1.82, 2.24) is 4.90 Å². The molecule has 2 heterocycles. The van der Waals surface area contributed by atoms with Gasteiger partial charge in [0.2, 0.25) is 0 Å². The SMILES string of the molecule is CC(CCc1ccco1)N1CCC(N)CC1. The Morgan fingerprint density at radius 1 is 1.50 bits per heavy atom. The summed E-state index contributed by atoms with van der Waals surface area (Å²) in [4.78, 5) is 2.55. The van der Waals surface area contributed by atoms with Gasteiger partial charge in [0.25, 0.3) is 0 Å². The predicted octanol–water partition coefficient (Wildman–Crippen LogP) is 2.02. The van der Waals surface area contributed by atoms with E-state index in [1.165, 1.54) is 6.42 Å². The monoisotopic (exact) mass is 222 g/mol. The Bertz CT molecular complexity index is 289. The summed E-state index contributed by atoms with van der Waals surface area (Å²) in [5, 5.41) is 0. The van der Waals surface area contributed by atoms with E-state index in [-0.39, 0.29) is 0 Å². The number of hydrogen-bond donors (Lipinski definition) is 1. The molecule has 1 aliphatic rings. The summed E-state index contributed by atoms with van der Waals surface area (Å²) in [6.07, 6.45) is 6.25. The first-order chi connectivity index (χ1) is 7.75. The van der Waals surface area contributed by atoms with Gasteiger partial charge in [-0.05, 0) is 51.4 Å². The van der Waals surface area contributed by atoms with Crippen LogP contribution in [0.25, 0.3) is 0 Å². The van der Waals surface area contributed by atoms with Gasteiger partial charge in [0.1, 0.15) is 5.76 Å². The third kappa shape index (κ3) is 3.09. The van der Waals surface area contributed by atoms with Crippen LogP contribution >= 0.6 is 0 Å². The summed E-state index contributed by atoms with van der Waals surface area (Å²) in [6.45, 7) is 4.61. The molecular formula is C13H22N2O. The Labute approximate surface area is 97.6 Å². The molecule has 1 aromatic heterocycles. The predicted molar refractivity (Wildman–Crippen MR) is 65.3 cm³/mol. The van der Waals surface area contributed by atoms with Crippen LogP contribution in [0.15, 0.2) is 22.8 Å². The van der Waals surface area contributed by atoms with E-state index < -0.39 is 0 Å². The van der Waals surface area contributed by atoms with Crippen LogP contribution in [0.5, 0.6) is 0 Å². The Morgan fingerprint density at radius 2 is 2.25 bits per heavy atom. The summed E-state index contributed by atoms with van der Waals surface area (Å²) >= 11 is 0. The highest BCUT2D eigenvalue weighted by molar-refractivity contribution is 4.98. The Hall–Kier alpha value is -0.800. The van der Waals surface area contributed by atoms with E-state index >= 15 is 0 Å². The van der Waals surface area contributed by atoms with Gasteiger partial charge in [0.05, 0.1) is 6.26 Å². The normalized spacial score (nSPS) is 21.1. The Kier molecular flexibility index (Phi) is 4.02. The van der Waals surface area contributed by atoms with E-state index in [0.29, 0.717) is 12.1 Å². The van der Waals surface area contributed by atoms with Gasteiger partial charge in [-0.3, -0.25) is 0 Å². The van der Waals surface area contributed by atoms with Gasteiger partial charge in [-0.1, -0.05) is 0 Å². The second-order valence-corrected chi connectivity index (χ2v) is 4.84. The third-order valence-electron chi connectivity index (χ3n) is 3.59. The molecule has 2 N–H and O–H groups in total. The lowest BCUT2D eigenvalue weighted by Crippen LogP contribution is -2.44. The molecule has 16 heavy (non-hydrogen) atoms. The molecule has 90 valence electrons. The molecule has 0 aromatic carbocycles. The second kappa shape index (κ2) is 5.51. The molecule has 1 aromatic rings. The van der Waals surface area contributed by atoms with Gasteiger partial charge < -0.3 is 15.1 Å². The van der Waals surface area contributed by atoms with E-state index in [4.69, 9.17) is 10.2 Å². The highest BCUT2D eigenvalue weighted by Gasteiger charge is 2.20. The number of nitrogens with two attached hydrogens (primary N) is 1. The van der Waals surface area contributed by atoms with Gasteiger partial charge in [-0.25, -0.2) is 0 Å². The van der Waals surface area contributed by atoms with Gasteiger partial charge >= 0.3 is 0 Å². The minimum atomic E-state index is 0.425. The molecule has 3 heteroatoms. The lowest BCUT2D eigenvalue weighted by atomic mass is 10.0. The van der Waals surface area contributed by atoms with Crippen molar-refractivity contribution in [1.29, 1.82) is 0 Å². The van der Waals surface area contributed by atoms with Crippen LogP contribution in [0.4, 0.5) is 0 Å². The molecule has 1 saturated heterocycles. The van der Waals surface area contributed by atoms with Crippen molar-refractivity contribution >= 4 is 0 Å². The van der Waals surface area contributed by atoms with Crippen LogP contribution < -0.4 is 5.73 Å². The van der Waals surface area contributed by atoms with Crippen molar-refractivity contribution in [3.05, 3.63) is 24.2 Å². The first-order valence-corrected chi connectivity index (χ1v) is 6.27. The standard InChI is InChI=1S/C13H22N2O/c1-11(4-5-13-3-2-10-16-13)15-8-6-12(14)7-9-15/h2-3,10-12H,4-9,14H2,1H3. The van der Waals surface area contributed by atoms with Crippen molar-refractivity contribution < 1.29 is 4.42 Å². The summed E-state index contributed by atoms with van der Waals surface area (Å²) in [6, 6.07) is 5.07. The minimum Gasteiger partial charge on any atom is -0.469 e. The van der Waals surface area contributed by atoms with E-state index in [0.717, 1.165) is 38.1 Å². The van der Waals surface area contributed by atoms with Crippen LogP contribution in [0.2, 0.25) is 0 Å². The average Bonchev–Trinajstić information content (AvgIpc) is 2.80. The molecular weight excluding hydrogens is 200 g/mol. The van der Waals surface area contributed by atoms with Crippen molar-refractivity contribution in [2.24, 2.45) is 5.73 Å². The number of hydrogen-bond acceptors (Lipinski definition) is 3. The van der Waals surface area contributed by atoms with Gasteiger partial charge in [-0.15, -0.1) is 0 Å². The first kappa shape index (κ1) is 11.7. The van der Waals surface area contributed by atoms with E-state index in [2.05, 4.69) is 17.9 Å². The first-order valence-electron chi connectivity index (χ1n) is 6.27. The highest BCUT2D eigenvalue weighted by atomic mass is 16.3. The van der Waals surface area contributed by atoms with Crippen molar-refractivity contribution in [3.8, 4) is 0 Å². The molecule has 0 saturated carbocycles. The zero-order chi connectivity index (χ0) is 11.4. The number of piperidine rings is 1. The van der Waals surface area contributed by atoms with Crippen LogP contribution in [-0.2, 0) is 6.42 Å². The maximum atomic E-state index is 5.91. The molecule has 0 amide bonds. The van der Waals surface area contributed by atoms with Crippen LogP contribution in [0, 0.1) is 0 Å². The fourth-order valence-electron chi connectivity index (χ4n) is 2.35. The quantitative estimate of drug-likeness (QED) is 0.847. The van der Waals surface area contributed by atoms with Crippen LogP contribution in [0.3, 0.4) is 0 Å². The van der Waals surface area contributed by atoms with Gasteiger partial charge in [-0.2, -0.15) is 0 Å². The summed E-state index contributed by atoms with van der Waals surface area (Å²) in [7, 11) is 0. The minimum absolute atomic E-state index is 0.425. The number of likely N-dealkylation sites (tertiary alicyclic amines) is 1. The van der Waals surface area contributed by atoms with Crippen molar-refractivity contribution in [2.75, 3.05) is 13.1 Å². The van der Waals surface area contributed by atoms with Crippen molar-refractivity contribution in [3.63, 3.8) is 0 Å². The van der Waals surface area contributed by atoms with Crippen LogP contribution in [-0.4, -0.2) is 30.1 Å². The Morgan fingerprint density at radius 3 is 2.88 bits per heavy atom. The zero-order valence-corrected chi connectivity index (χ0v) is 10.1. The van der Waals surface area contributed by atoms with Gasteiger partial charge in [0.15, 0.2) is 0 Å². The smallest absolute Gasteiger partial charge is 0.103 e. The second-order valence-electron chi connectivity index (χ2n) is 4.84. The number of rotatable bonds is 4. The fourth-order valence-corrected chi connectivity index (χ4v) is 2.35. The van der Waals surface area contributed by atoms with E-state index in [1.807, 2.05) is 6.07 Å². The largest absolute Gasteiger partial charge is 0.469 e. The average molecular weight is 222 g/mol. The summed E-state index contributed by atoms with van der Waals surface area (Å²) < 4.78 is 5.35. The molecule has 0 aliphatic carbocycles. The molecule has 0 spiro atoms. The fraction of sp³-hybridized carbons (Fsp3) is 0.692. The maximum Gasteiger partial charge on any atom is 0.103 e. The topological polar surface area (TPSA) is 42.4 Å². The van der Waals surface area contributed by atoms with Crippen molar-refractivity contribution in [2.45, 2.75) is 44.7 Å². The lowest BCUT2D eigenvalue weighted by molar-refractivity contribution is 0.155. The summed E-state index contributed by atoms with van der Waals surface area (Å²) in [5.41, 5.74) is 5.91. The molecule has 0 bridgehead atoms. The van der Waals surface area contributed by atoms with Crippen LogP contribution in [0.1, 0.15) is 31.9 Å². The lowest BCUT2D eigenvalue weighted by Gasteiger charge is -2.34. The maximum absolute atomic E-state index is 5.91. The molecule has 0 radical (unpaired) electrons. The zero-order valence-electron chi connectivity index (χ0n) is 10.1. The highest BCUT2D eigenvalue weighted by Crippen LogP contribution is 2.15. The number of furan rings is 1. The number of nitrogens with zero attached hydrogens (tertiary/aromatic N) is 1. The molecule has 1 atom stereocenters. The molecule has 3 nitrogen and oxygen atoms in total. The molecule has 1 fully saturated rings. The van der Waals surface area contributed by atoms with E-state index in [9.17, 15) is 0 Å². The third-order valence-corrected chi connectivity index (χ3v) is 3.59. The molecule has 1 unspecified atom stereocenters. The van der Waals surface area contributed by atoms with E-state index in [1.54, 1.807) is 6.26 Å². The molecule has 2 rings (SSSR count). The van der Waals surface area contributed by atoms with Gasteiger partial charge in [0, 0.05) is 18.5 Å². The molecule has 1 aliphatic heterocycles. The number of aryl methyl sites for hydroxylation is 1. The Balaban J connectivity index is 1.73. The summed E-state index contributed by atoms with van der Waals surface area (Å²) in [5.74, 6) is 1.10.